The van der Waals surface area contributed by atoms with Crippen molar-refractivity contribution in [2.75, 3.05) is 0 Å². The quantitative estimate of drug-likeness (QED) is 0.466. The standard InChI is InChI=1S/C6H5F/c7-6-4-2-1-3-5-6/h1-5H/i1D,2D,3D,4D. The van der Waals surface area contributed by atoms with E-state index < -0.39 is 23.9 Å². The molecule has 0 atom stereocenters. The van der Waals surface area contributed by atoms with E-state index in [0.717, 1.165) is 6.07 Å². The zero-order valence-corrected chi connectivity index (χ0v) is 3.46. The zero-order chi connectivity index (χ0) is 8.59. The second-order valence-corrected chi connectivity index (χ2v) is 1.01. The molecule has 0 saturated heterocycles. The number of halogens is 1. The van der Waals surface area contributed by atoms with E-state index in [2.05, 4.69) is 0 Å². The van der Waals surface area contributed by atoms with Gasteiger partial charge in [0, 0.05) is 0 Å². The van der Waals surface area contributed by atoms with Gasteiger partial charge in [-0.1, -0.05) is 18.1 Å². The largest absolute Gasteiger partial charge is 0.207 e. The van der Waals surface area contributed by atoms with Crippen molar-refractivity contribution in [2.45, 2.75) is 0 Å². The first-order valence-corrected chi connectivity index (χ1v) is 1.77. The average Bonchev–Trinajstić information content (AvgIpc) is 1.97. The Labute approximate surface area is 47.2 Å². The Bertz CT molecular complexity index is 271. The highest BCUT2D eigenvalue weighted by molar-refractivity contribution is 5.02. The molecule has 0 aromatic heterocycles. The molecule has 7 heavy (non-hydrogen) atoms. The summed E-state index contributed by atoms with van der Waals surface area (Å²) in [5.41, 5.74) is 0. The summed E-state index contributed by atoms with van der Waals surface area (Å²) in [6.45, 7) is 0. The van der Waals surface area contributed by atoms with Crippen molar-refractivity contribution < 1.29 is 9.87 Å². The van der Waals surface area contributed by atoms with Gasteiger partial charge in [0.05, 0.1) is 5.48 Å². The van der Waals surface area contributed by atoms with Gasteiger partial charge in [-0.3, -0.25) is 0 Å². The molecule has 0 heterocycles. The summed E-state index contributed by atoms with van der Waals surface area (Å²) in [5, 5.41) is 0. The molecule has 1 heteroatoms. The molecule has 0 unspecified atom stereocenters. The van der Waals surface area contributed by atoms with Crippen LogP contribution in [0.2, 0.25) is 0 Å². The minimum atomic E-state index is -0.920. The summed E-state index contributed by atoms with van der Waals surface area (Å²) < 4.78 is 40.4. The van der Waals surface area contributed by atoms with Gasteiger partial charge in [0.2, 0.25) is 0 Å². The van der Waals surface area contributed by atoms with Gasteiger partial charge >= 0.3 is 0 Å². The molecule has 0 aliphatic heterocycles. The van der Waals surface area contributed by atoms with Crippen molar-refractivity contribution in [2.24, 2.45) is 0 Å². The molecule has 0 aliphatic rings. The number of benzene rings is 1. The van der Waals surface area contributed by atoms with Gasteiger partial charge in [0.1, 0.15) is 5.82 Å². The minimum absolute atomic E-state index is 0.358. The molecule has 0 fully saturated rings. The van der Waals surface area contributed by atoms with Crippen molar-refractivity contribution in [1.29, 1.82) is 0 Å². The van der Waals surface area contributed by atoms with Crippen LogP contribution in [-0.2, 0) is 0 Å². The lowest BCUT2D eigenvalue weighted by molar-refractivity contribution is 0.628. The molecule has 0 saturated carbocycles. The zero-order valence-electron chi connectivity index (χ0n) is 7.46. The van der Waals surface area contributed by atoms with Crippen LogP contribution in [0.25, 0.3) is 0 Å². The lowest BCUT2D eigenvalue weighted by Gasteiger charge is -1.78. The van der Waals surface area contributed by atoms with Crippen LogP contribution in [0.3, 0.4) is 0 Å². The fourth-order valence-corrected chi connectivity index (χ4v) is 0.263. The van der Waals surface area contributed by atoms with E-state index >= 15 is 0 Å². The Morgan fingerprint density at radius 1 is 1.43 bits per heavy atom. The van der Waals surface area contributed by atoms with Gasteiger partial charge in [-0.05, 0) is 12.1 Å². The Kier molecular flexibility index (Phi) is 0.392. The van der Waals surface area contributed by atoms with Gasteiger partial charge < -0.3 is 0 Å². The molecule has 0 aliphatic carbocycles. The number of rotatable bonds is 0. The predicted molar refractivity (Wildman–Crippen MR) is 26.4 cm³/mol. The van der Waals surface area contributed by atoms with Crippen LogP contribution in [-0.4, -0.2) is 0 Å². The second-order valence-electron chi connectivity index (χ2n) is 1.01. The lowest BCUT2D eigenvalue weighted by atomic mass is 10.4. The van der Waals surface area contributed by atoms with Crippen molar-refractivity contribution >= 4 is 0 Å². The van der Waals surface area contributed by atoms with Crippen molar-refractivity contribution in [1.82, 2.24) is 0 Å². The molecule has 0 nitrogen and oxygen atoms in total. The summed E-state index contributed by atoms with van der Waals surface area (Å²) in [6.07, 6.45) is 0. The fraction of sp³-hybridized carbons (Fsp3) is 0. The number of hydrogen-bond acceptors (Lipinski definition) is 0. The van der Waals surface area contributed by atoms with Gasteiger partial charge in [0.15, 0.2) is 0 Å². The van der Waals surface area contributed by atoms with Gasteiger partial charge in [-0.25, -0.2) is 4.39 Å². The molecular weight excluding hydrogens is 91.1 g/mol. The maximum Gasteiger partial charge on any atom is 0.123 e. The third-order valence-electron chi connectivity index (χ3n) is 0.515. The SMILES string of the molecule is [2H]c1cc(F)c([2H])c([2H])c1[2H]. The maximum atomic E-state index is 12.5. The monoisotopic (exact) mass is 100 g/mol. The fourth-order valence-electron chi connectivity index (χ4n) is 0.263. The smallest absolute Gasteiger partial charge is 0.123 e. The lowest BCUT2D eigenvalue weighted by Crippen LogP contribution is -1.63. The molecular formula is C6H5F. The van der Waals surface area contributed by atoms with E-state index in [9.17, 15) is 4.39 Å². The highest BCUT2D eigenvalue weighted by Crippen LogP contribution is 1.91. The first-order chi connectivity index (χ1) is 5.04. The maximum absolute atomic E-state index is 12.5. The van der Waals surface area contributed by atoms with Crippen molar-refractivity contribution in [3.05, 3.63) is 36.1 Å². The van der Waals surface area contributed by atoms with E-state index in [1.54, 1.807) is 0 Å². The molecule has 0 spiro atoms. The molecule has 0 radical (unpaired) electrons. The molecule has 1 aromatic carbocycles. The van der Waals surface area contributed by atoms with E-state index in [1.165, 1.54) is 0 Å². The van der Waals surface area contributed by atoms with Gasteiger partial charge in [-0.15, -0.1) is 0 Å². The molecule has 0 amide bonds. The van der Waals surface area contributed by atoms with Crippen LogP contribution in [0.1, 0.15) is 5.48 Å². The van der Waals surface area contributed by atoms with Gasteiger partial charge in [0.25, 0.3) is 0 Å². The van der Waals surface area contributed by atoms with Crippen LogP contribution >= 0.6 is 0 Å². The Hall–Kier alpha value is -0.850. The molecule has 0 bridgehead atoms. The van der Waals surface area contributed by atoms with Crippen molar-refractivity contribution in [3.63, 3.8) is 0 Å². The van der Waals surface area contributed by atoms with E-state index in [1.807, 2.05) is 0 Å². The highest BCUT2D eigenvalue weighted by atomic mass is 19.1. The van der Waals surface area contributed by atoms with Gasteiger partial charge in [-0.2, -0.15) is 0 Å². The van der Waals surface area contributed by atoms with E-state index in [4.69, 9.17) is 5.48 Å². The highest BCUT2D eigenvalue weighted by Gasteiger charge is 1.77. The predicted octanol–water partition coefficient (Wildman–Crippen LogP) is 1.83. The summed E-state index contributed by atoms with van der Waals surface area (Å²) in [7, 11) is 0. The second kappa shape index (κ2) is 1.73. The first kappa shape index (κ1) is 1.58. The normalized spacial score (nSPS) is 16.7. The Morgan fingerprint density at radius 2 is 2.29 bits per heavy atom. The summed E-state index contributed by atoms with van der Waals surface area (Å²) >= 11 is 0. The minimum Gasteiger partial charge on any atom is -0.207 e. The first-order valence-electron chi connectivity index (χ1n) is 3.77. The van der Waals surface area contributed by atoms with Crippen LogP contribution in [0.5, 0.6) is 0 Å². The summed E-state index contributed by atoms with van der Waals surface area (Å²) in [6, 6.07) is -1.15. The number of hydrogen-bond donors (Lipinski definition) is 0. The van der Waals surface area contributed by atoms with Crippen LogP contribution in [0, 0.1) is 5.82 Å². The van der Waals surface area contributed by atoms with Crippen LogP contribution in [0.4, 0.5) is 4.39 Å². The van der Waals surface area contributed by atoms with E-state index in [-0.39, 0.29) is 6.04 Å². The average molecular weight is 100 g/mol. The summed E-state index contributed by atoms with van der Waals surface area (Å²) in [5.74, 6) is -0.920. The van der Waals surface area contributed by atoms with Crippen LogP contribution < -0.4 is 0 Å². The van der Waals surface area contributed by atoms with E-state index in [0.29, 0.717) is 0 Å². The molecule has 1 rings (SSSR count). The summed E-state index contributed by atoms with van der Waals surface area (Å²) in [4.78, 5) is 0. The third kappa shape index (κ3) is 1.000. The molecule has 36 valence electrons. The van der Waals surface area contributed by atoms with Crippen molar-refractivity contribution in [3.8, 4) is 0 Å². The Balaban J connectivity index is 3.46. The Morgan fingerprint density at radius 3 is 3.14 bits per heavy atom. The molecule has 0 N–H and O–H groups in total. The topological polar surface area (TPSA) is 0 Å². The molecule has 1 aromatic rings. The van der Waals surface area contributed by atoms with Crippen LogP contribution in [0.15, 0.2) is 30.2 Å². The third-order valence-corrected chi connectivity index (χ3v) is 0.515.